The van der Waals surface area contributed by atoms with Crippen molar-refractivity contribution in [2.75, 3.05) is 6.61 Å². The fourth-order valence-electron chi connectivity index (χ4n) is 3.33. The first-order valence-corrected chi connectivity index (χ1v) is 10.4. The summed E-state index contributed by atoms with van der Waals surface area (Å²) in [7, 11) is 0. The number of carbonyl (C=O) groups is 1. The molecule has 6 nitrogen and oxygen atoms in total. The van der Waals surface area contributed by atoms with Crippen molar-refractivity contribution in [1.29, 1.82) is 0 Å². The molecule has 0 aliphatic carbocycles. The third-order valence-corrected chi connectivity index (χ3v) is 5.06. The van der Waals surface area contributed by atoms with E-state index in [9.17, 15) is 9.90 Å². The van der Waals surface area contributed by atoms with Gasteiger partial charge in [0.1, 0.15) is 6.04 Å². The van der Waals surface area contributed by atoms with Crippen LogP contribution in [0.4, 0.5) is 0 Å². The molecule has 0 spiro atoms. The Morgan fingerprint density at radius 2 is 1.97 bits per heavy atom. The van der Waals surface area contributed by atoms with Gasteiger partial charge >= 0.3 is 5.97 Å². The molecule has 1 unspecified atom stereocenters. The summed E-state index contributed by atoms with van der Waals surface area (Å²) in [4.78, 5) is 15.0. The number of benzene rings is 2. The Bertz CT molecular complexity index is 1020. The molecule has 160 valence electrons. The van der Waals surface area contributed by atoms with Crippen LogP contribution >= 0.6 is 11.6 Å². The van der Waals surface area contributed by atoms with Gasteiger partial charge in [-0.1, -0.05) is 29.8 Å². The Labute approximate surface area is 181 Å². The molecule has 1 aromatic heterocycles. The lowest BCUT2D eigenvalue weighted by Gasteiger charge is -2.18. The number of nitrogens with one attached hydrogen (secondary N) is 2. The molecule has 1 atom stereocenters. The molecule has 0 radical (unpaired) electrons. The van der Waals surface area contributed by atoms with Crippen LogP contribution in [0.15, 0.2) is 42.6 Å². The molecule has 2 aromatic carbocycles. The minimum atomic E-state index is -0.916. The van der Waals surface area contributed by atoms with E-state index in [1.54, 1.807) is 12.1 Å². The van der Waals surface area contributed by atoms with Crippen molar-refractivity contribution in [1.82, 2.24) is 10.3 Å². The Kier molecular flexibility index (Phi) is 7.24. The SMILES string of the molecule is CCOc1cc(CNC(Cc2c[nH]c3ccccc23)C(=O)O)c(Cl)cc1OC(C)C. The molecule has 0 amide bonds. The molecule has 0 saturated carbocycles. The Balaban J connectivity index is 1.77. The number of fused-ring (bicyclic) bond motifs is 1. The highest BCUT2D eigenvalue weighted by molar-refractivity contribution is 6.31. The molecule has 0 aliphatic rings. The zero-order valence-corrected chi connectivity index (χ0v) is 18.1. The maximum Gasteiger partial charge on any atom is 0.321 e. The van der Waals surface area contributed by atoms with E-state index in [4.69, 9.17) is 21.1 Å². The van der Waals surface area contributed by atoms with Gasteiger partial charge in [0.25, 0.3) is 0 Å². The van der Waals surface area contributed by atoms with E-state index in [1.165, 1.54) is 0 Å². The highest BCUT2D eigenvalue weighted by atomic mass is 35.5. The van der Waals surface area contributed by atoms with Crippen LogP contribution in [0, 0.1) is 0 Å². The number of halogens is 1. The number of hydrogen-bond acceptors (Lipinski definition) is 4. The van der Waals surface area contributed by atoms with E-state index in [-0.39, 0.29) is 6.10 Å². The number of rotatable bonds is 10. The van der Waals surface area contributed by atoms with E-state index in [2.05, 4.69) is 10.3 Å². The summed E-state index contributed by atoms with van der Waals surface area (Å²) >= 11 is 6.44. The van der Waals surface area contributed by atoms with Gasteiger partial charge in [-0.25, -0.2) is 0 Å². The van der Waals surface area contributed by atoms with Crippen LogP contribution in [0.5, 0.6) is 11.5 Å². The summed E-state index contributed by atoms with van der Waals surface area (Å²) in [6, 6.07) is 10.6. The van der Waals surface area contributed by atoms with Crippen molar-refractivity contribution in [2.45, 2.75) is 45.9 Å². The number of carboxylic acid groups (broad SMARTS) is 1. The van der Waals surface area contributed by atoms with Crippen LogP contribution in [0.25, 0.3) is 10.9 Å². The zero-order valence-electron chi connectivity index (χ0n) is 17.4. The van der Waals surface area contributed by atoms with E-state index in [0.717, 1.165) is 22.0 Å². The van der Waals surface area contributed by atoms with Crippen LogP contribution in [0.1, 0.15) is 31.9 Å². The average molecular weight is 431 g/mol. The summed E-state index contributed by atoms with van der Waals surface area (Å²) in [5, 5.41) is 14.4. The second kappa shape index (κ2) is 9.87. The maximum atomic E-state index is 11.9. The Morgan fingerprint density at radius 1 is 1.20 bits per heavy atom. The topological polar surface area (TPSA) is 83.6 Å². The number of hydrogen-bond donors (Lipinski definition) is 3. The number of ether oxygens (including phenoxy) is 2. The van der Waals surface area contributed by atoms with Crippen LogP contribution in [0.3, 0.4) is 0 Å². The van der Waals surface area contributed by atoms with Crippen LogP contribution in [-0.4, -0.2) is 34.8 Å². The second-order valence-electron chi connectivity index (χ2n) is 7.33. The largest absolute Gasteiger partial charge is 0.490 e. The van der Waals surface area contributed by atoms with Crippen molar-refractivity contribution in [3.8, 4) is 11.5 Å². The minimum absolute atomic E-state index is 0.0168. The van der Waals surface area contributed by atoms with Crippen molar-refractivity contribution in [3.05, 3.63) is 58.7 Å². The van der Waals surface area contributed by atoms with Gasteiger partial charge in [-0.2, -0.15) is 0 Å². The van der Waals surface area contributed by atoms with Gasteiger partial charge < -0.3 is 19.6 Å². The van der Waals surface area contributed by atoms with E-state index in [1.807, 2.05) is 51.2 Å². The van der Waals surface area contributed by atoms with Crippen molar-refractivity contribution < 1.29 is 19.4 Å². The molecule has 30 heavy (non-hydrogen) atoms. The predicted molar refractivity (Wildman–Crippen MR) is 119 cm³/mol. The molecule has 0 aliphatic heterocycles. The number of H-pyrrole nitrogens is 1. The zero-order chi connectivity index (χ0) is 21.7. The van der Waals surface area contributed by atoms with Gasteiger partial charge in [0.15, 0.2) is 11.5 Å². The summed E-state index contributed by atoms with van der Waals surface area (Å²) in [5.41, 5.74) is 2.69. The van der Waals surface area contributed by atoms with Gasteiger partial charge in [-0.15, -0.1) is 0 Å². The summed E-state index contributed by atoms with van der Waals surface area (Å²) in [5.74, 6) is 0.256. The van der Waals surface area contributed by atoms with E-state index >= 15 is 0 Å². The third-order valence-electron chi connectivity index (χ3n) is 4.71. The molecule has 7 heteroatoms. The highest BCUT2D eigenvalue weighted by Gasteiger charge is 2.20. The first kappa shape index (κ1) is 22.0. The summed E-state index contributed by atoms with van der Waals surface area (Å²) in [6.45, 7) is 6.54. The number of para-hydroxylation sites is 1. The van der Waals surface area contributed by atoms with Crippen molar-refractivity contribution in [2.24, 2.45) is 0 Å². The molecule has 3 aromatic rings. The second-order valence-corrected chi connectivity index (χ2v) is 7.73. The summed E-state index contributed by atoms with van der Waals surface area (Å²) < 4.78 is 11.5. The van der Waals surface area contributed by atoms with Crippen molar-refractivity contribution >= 4 is 28.5 Å². The van der Waals surface area contributed by atoms with Crippen LogP contribution in [0.2, 0.25) is 5.02 Å². The lowest BCUT2D eigenvalue weighted by atomic mass is 10.0. The number of aromatic amines is 1. The summed E-state index contributed by atoms with van der Waals surface area (Å²) in [6.07, 6.45) is 2.20. The lowest BCUT2D eigenvalue weighted by molar-refractivity contribution is -0.139. The lowest BCUT2D eigenvalue weighted by Crippen LogP contribution is -2.38. The smallest absolute Gasteiger partial charge is 0.321 e. The average Bonchev–Trinajstić information content (AvgIpc) is 3.10. The van der Waals surface area contributed by atoms with E-state index < -0.39 is 12.0 Å². The maximum absolute atomic E-state index is 11.9. The first-order valence-electron chi connectivity index (χ1n) is 10.0. The normalized spacial score (nSPS) is 12.3. The quantitative estimate of drug-likeness (QED) is 0.430. The first-order chi connectivity index (χ1) is 14.4. The monoisotopic (exact) mass is 430 g/mol. The predicted octanol–water partition coefficient (Wildman–Crippen LogP) is 4.79. The molecular formula is C23H27ClN2O4. The van der Waals surface area contributed by atoms with Gasteiger partial charge in [0.2, 0.25) is 0 Å². The number of carboxylic acids is 1. The van der Waals surface area contributed by atoms with Crippen LogP contribution in [-0.2, 0) is 17.8 Å². The molecule has 0 saturated heterocycles. The highest BCUT2D eigenvalue weighted by Crippen LogP contribution is 2.34. The Hall–Kier alpha value is -2.70. The minimum Gasteiger partial charge on any atom is -0.490 e. The number of aromatic nitrogens is 1. The van der Waals surface area contributed by atoms with Gasteiger partial charge in [-0.05, 0) is 44.0 Å². The molecule has 0 bridgehead atoms. The molecule has 1 heterocycles. The molecule has 3 rings (SSSR count). The fourth-order valence-corrected chi connectivity index (χ4v) is 3.55. The van der Waals surface area contributed by atoms with Crippen LogP contribution < -0.4 is 14.8 Å². The third kappa shape index (κ3) is 5.26. The molecule has 0 fully saturated rings. The van der Waals surface area contributed by atoms with Gasteiger partial charge in [-0.3, -0.25) is 10.1 Å². The van der Waals surface area contributed by atoms with Gasteiger partial charge in [0, 0.05) is 41.2 Å². The standard InChI is InChI=1S/C23H27ClN2O4/c1-4-29-21-10-16(18(24)11-22(21)30-14(2)3)13-26-20(23(27)28)9-15-12-25-19-8-6-5-7-17(15)19/h5-8,10-12,14,20,25-26H,4,9,13H2,1-3H3,(H,27,28). The number of aliphatic carboxylic acids is 1. The van der Waals surface area contributed by atoms with Crippen molar-refractivity contribution in [3.63, 3.8) is 0 Å². The fraction of sp³-hybridized carbons (Fsp3) is 0.348. The molecule has 3 N–H and O–H groups in total. The molecular weight excluding hydrogens is 404 g/mol. The Morgan fingerprint density at radius 3 is 2.67 bits per heavy atom. The van der Waals surface area contributed by atoms with E-state index in [0.29, 0.717) is 36.1 Å². The van der Waals surface area contributed by atoms with Gasteiger partial charge in [0.05, 0.1) is 12.7 Å².